The summed E-state index contributed by atoms with van der Waals surface area (Å²) in [5.41, 5.74) is 2.49. The maximum Gasteiger partial charge on any atom is 0.0340 e. The van der Waals surface area contributed by atoms with E-state index in [2.05, 4.69) is 59.3 Å². The van der Waals surface area contributed by atoms with Gasteiger partial charge in [-0.3, -0.25) is 0 Å². The molecule has 0 bridgehead atoms. The molecule has 2 rings (SSSR count). The normalized spacial score (nSPS) is 10.4. The van der Waals surface area contributed by atoms with Crippen LogP contribution in [0.1, 0.15) is 10.4 Å². The van der Waals surface area contributed by atoms with Crippen molar-refractivity contribution >= 4 is 17.0 Å². The van der Waals surface area contributed by atoms with Gasteiger partial charge in [-0.1, -0.05) is 23.8 Å². The molecule has 2 nitrogen and oxygen atoms in total. The van der Waals surface area contributed by atoms with Crippen molar-refractivity contribution in [1.29, 1.82) is 0 Å². The number of hydrogen-bond acceptors (Lipinski definition) is 3. The average molecular weight is 246 g/mol. The number of benzene rings is 1. The predicted octanol–water partition coefficient (Wildman–Crippen LogP) is 3.26. The summed E-state index contributed by atoms with van der Waals surface area (Å²) in [5.74, 6) is 0. The lowest BCUT2D eigenvalue weighted by Gasteiger charge is -2.07. The Kier molecular flexibility index (Phi) is 4.59. The van der Waals surface area contributed by atoms with Gasteiger partial charge in [-0.2, -0.15) is 0 Å². The minimum absolute atomic E-state index is 0.953. The van der Waals surface area contributed by atoms with E-state index < -0.39 is 0 Å². The van der Waals surface area contributed by atoms with E-state index in [9.17, 15) is 0 Å². The second kappa shape index (κ2) is 6.42. The fourth-order valence-corrected chi connectivity index (χ4v) is 2.27. The van der Waals surface area contributed by atoms with Crippen LogP contribution in [0.2, 0.25) is 0 Å². The summed E-state index contributed by atoms with van der Waals surface area (Å²) in [4.78, 5) is 1.39. The Morgan fingerprint density at radius 3 is 2.59 bits per heavy atom. The summed E-state index contributed by atoms with van der Waals surface area (Å²) in [7, 11) is 0. The van der Waals surface area contributed by atoms with E-state index in [-0.39, 0.29) is 0 Å². The van der Waals surface area contributed by atoms with Crippen LogP contribution in [0.3, 0.4) is 0 Å². The molecule has 0 radical (unpaired) electrons. The Morgan fingerprint density at radius 1 is 1.06 bits per heavy atom. The largest absolute Gasteiger partial charge is 0.384 e. The SMILES string of the molecule is Cc1ccc(NCCNCc2cccs2)cc1. The molecule has 17 heavy (non-hydrogen) atoms. The number of hydrogen-bond donors (Lipinski definition) is 2. The highest BCUT2D eigenvalue weighted by Crippen LogP contribution is 2.08. The first-order valence-electron chi connectivity index (χ1n) is 5.88. The Hall–Kier alpha value is -1.32. The zero-order valence-electron chi connectivity index (χ0n) is 10.1. The van der Waals surface area contributed by atoms with E-state index in [4.69, 9.17) is 0 Å². The van der Waals surface area contributed by atoms with E-state index in [1.54, 1.807) is 11.3 Å². The van der Waals surface area contributed by atoms with Crippen molar-refractivity contribution in [2.45, 2.75) is 13.5 Å². The van der Waals surface area contributed by atoms with Crippen molar-refractivity contribution < 1.29 is 0 Å². The maximum atomic E-state index is 3.42. The third-order valence-corrected chi connectivity index (χ3v) is 3.44. The van der Waals surface area contributed by atoms with Gasteiger partial charge < -0.3 is 10.6 Å². The van der Waals surface area contributed by atoms with Crippen molar-refractivity contribution in [2.24, 2.45) is 0 Å². The van der Waals surface area contributed by atoms with Gasteiger partial charge in [0.25, 0.3) is 0 Å². The lowest BCUT2D eigenvalue weighted by Crippen LogP contribution is -2.21. The third-order valence-electron chi connectivity index (χ3n) is 2.56. The molecule has 2 aromatic rings. The Labute approximate surface area is 107 Å². The lowest BCUT2D eigenvalue weighted by molar-refractivity contribution is 0.714. The van der Waals surface area contributed by atoms with Gasteiger partial charge in [-0.05, 0) is 30.5 Å². The summed E-state index contributed by atoms with van der Waals surface area (Å²) < 4.78 is 0. The van der Waals surface area contributed by atoms with Crippen LogP contribution >= 0.6 is 11.3 Å². The molecule has 90 valence electrons. The van der Waals surface area contributed by atoms with Crippen LogP contribution in [-0.4, -0.2) is 13.1 Å². The van der Waals surface area contributed by atoms with Gasteiger partial charge in [0.15, 0.2) is 0 Å². The van der Waals surface area contributed by atoms with Crippen molar-refractivity contribution in [3.05, 3.63) is 52.2 Å². The quantitative estimate of drug-likeness (QED) is 0.765. The Bertz CT molecular complexity index is 420. The van der Waals surface area contributed by atoms with E-state index in [0.717, 1.165) is 19.6 Å². The van der Waals surface area contributed by atoms with Crippen LogP contribution in [0, 0.1) is 6.92 Å². The topological polar surface area (TPSA) is 24.1 Å². The molecule has 0 amide bonds. The molecular weight excluding hydrogens is 228 g/mol. The highest BCUT2D eigenvalue weighted by molar-refractivity contribution is 7.09. The first-order chi connectivity index (χ1) is 8.34. The van der Waals surface area contributed by atoms with Crippen LogP contribution in [0.4, 0.5) is 5.69 Å². The zero-order chi connectivity index (χ0) is 11.9. The van der Waals surface area contributed by atoms with Crippen molar-refractivity contribution in [1.82, 2.24) is 5.32 Å². The molecular formula is C14H18N2S. The van der Waals surface area contributed by atoms with Gasteiger partial charge in [0.1, 0.15) is 0 Å². The van der Waals surface area contributed by atoms with Gasteiger partial charge in [0.05, 0.1) is 0 Å². The van der Waals surface area contributed by atoms with E-state index >= 15 is 0 Å². The summed E-state index contributed by atoms with van der Waals surface area (Å²) in [6.07, 6.45) is 0. The smallest absolute Gasteiger partial charge is 0.0340 e. The highest BCUT2D eigenvalue weighted by atomic mass is 32.1. The molecule has 0 saturated heterocycles. The molecule has 0 atom stereocenters. The standard InChI is InChI=1S/C14H18N2S/c1-12-4-6-13(7-5-12)16-9-8-15-11-14-3-2-10-17-14/h2-7,10,15-16H,8-9,11H2,1H3. The molecule has 0 spiro atoms. The summed E-state index contributed by atoms with van der Waals surface area (Å²) in [6, 6.07) is 12.7. The molecule has 0 aliphatic rings. The first-order valence-corrected chi connectivity index (χ1v) is 6.76. The van der Waals surface area contributed by atoms with E-state index in [1.807, 2.05) is 0 Å². The van der Waals surface area contributed by atoms with Crippen molar-refractivity contribution in [2.75, 3.05) is 18.4 Å². The van der Waals surface area contributed by atoms with Gasteiger partial charge in [0, 0.05) is 30.2 Å². The molecule has 0 unspecified atom stereocenters. The maximum absolute atomic E-state index is 3.42. The summed E-state index contributed by atoms with van der Waals surface area (Å²) in [5, 5.41) is 8.92. The molecule has 0 fully saturated rings. The molecule has 1 aromatic carbocycles. The number of aryl methyl sites for hydroxylation is 1. The molecule has 0 aliphatic carbocycles. The summed E-state index contributed by atoms with van der Waals surface area (Å²) in [6.45, 7) is 5.00. The van der Waals surface area contributed by atoms with Gasteiger partial charge >= 0.3 is 0 Å². The molecule has 2 N–H and O–H groups in total. The van der Waals surface area contributed by atoms with Crippen LogP contribution < -0.4 is 10.6 Å². The van der Waals surface area contributed by atoms with Gasteiger partial charge in [0.2, 0.25) is 0 Å². The van der Waals surface area contributed by atoms with E-state index in [0.29, 0.717) is 0 Å². The van der Waals surface area contributed by atoms with Crippen LogP contribution in [0.15, 0.2) is 41.8 Å². The minimum atomic E-state index is 0.953. The van der Waals surface area contributed by atoms with Crippen LogP contribution in [-0.2, 0) is 6.54 Å². The third kappa shape index (κ3) is 4.21. The molecule has 0 aliphatic heterocycles. The van der Waals surface area contributed by atoms with Gasteiger partial charge in [-0.15, -0.1) is 11.3 Å². The molecule has 0 saturated carbocycles. The Balaban J connectivity index is 1.61. The van der Waals surface area contributed by atoms with Crippen LogP contribution in [0.5, 0.6) is 0 Å². The second-order valence-corrected chi connectivity index (χ2v) is 5.08. The number of rotatable bonds is 6. The monoisotopic (exact) mass is 246 g/mol. The first kappa shape index (κ1) is 12.1. The Morgan fingerprint density at radius 2 is 1.88 bits per heavy atom. The highest BCUT2D eigenvalue weighted by Gasteiger charge is 1.93. The predicted molar refractivity (Wildman–Crippen MR) is 75.7 cm³/mol. The summed E-state index contributed by atoms with van der Waals surface area (Å²) >= 11 is 1.80. The van der Waals surface area contributed by atoms with Crippen molar-refractivity contribution in [3.63, 3.8) is 0 Å². The fourth-order valence-electron chi connectivity index (χ4n) is 1.59. The second-order valence-electron chi connectivity index (χ2n) is 4.05. The lowest BCUT2D eigenvalue weighted by atomic mass is 10.2. The number of anilines is 1. The fraction of sp³-hybridized carbons (Fsp3) is 0.286. The average Bonchev–Trinajstić information content (AvgIpc) is 2.84. The zero-order valence-corrected chi connectivity index (χ0v) is 10.9. The van der Waals surface area contributed by atoms with Gasteiger partial charge in [-0.25, -0.2) is 0 Å². The molecule has 1 heterocycles. The minimum Gasteiger partial charge on any atom is -0.384 e. The van der Waals surface area contributed by atoms with Crippen molar-refractivity contribution in [3.8, 4) is 0 Å². The molecule has 1 aromatic heterocycles. The number of nitrogens with one attached hydrogen (secondary N) is 2. The number of thiophene rings is 1. The molecule has 3 heteroatoms. The van der Waals surface area contributed by atoms with E-state index in [1.165, 1.54) is 16.1 Å². The van der Waals surface area contributed by atoms with Crippen LogP contribution in [0.25, 0.3) is 0 Å².